The first-order chi connectivity index (χ1) is 10.2. The Hall–Kier alpha value is -2.62. The minimum atomic E-state index is -0.0661. The van der Waals surface area contributed by atoms with Crippen LogP contribution in [0.5, 0.6) is 0 Å². The fraction of sp³-hybridized carbons (Fsp3) is 0.176. The topological polar surface area (TPSA) is 54.0 Å². The van der Waals surface area contributed by atoms with Crippen molar-refractivity contribution in [2.75, 3.05) is 17.2 Å². The molecule has 4 nitrogen and oxygen atoms in total. The Morgan fingerprint density at radius 2 is 2.10 bits per heavy atom. The van der Waals surface area contributed by atoms with Crippen molar-refractivity contribution in [2.24, 2.45) is 0 Å². The van der Waals surface area contributed by atoms with Crippen LogP contribution in [0.25, 0.3) is 0 Å². The molecule has 4 heteroatoms. The van der Waals surface area contributed by atoms with Gasteiger partial charge in [-0.3, -0.25) is 4.79 Å². The van der Waals surface area contributed by atoms with Crippen LogP contribution in [0.3, 0.4) is 0 Å². The Kier molecular flexibility index (Phi) is 5.10. The summed E-state index contributed by atoms with van der Waals surface area (Å²) in [6, 6.07) is 11.5. The number of hydrogen-bond donors (Lipinski definition) is 2. The highest BCUT2D eigenvalue weighted by molar-refractivity contribution is 5.91. The largest absolute Gasteiger partial charge is 0.380 e. The SMILES string of the molecule is C=CCNc1ccc(NC(=O)Cc2ccccc2C)nc1. The molecule has 0 saturated carbocycles. The van der Waals surface area contributed by atoms with Gasteiger partial charge in [-0.15, -0.1) is 6.58 Å². The molecule has 108 valence electrons. The molecule has 1 heterocycles. The first-order valence-corrected chi connectivity index (χ1v) is 6.84. The van der Waals surface area contributed by atoms with Gasteiger partial charge in [-0.05, 0) is 30.2 Å². The molecule has 0 spiro atoms. The Bertz CT molecular complexity index is 620. The lowest BCUT2D eigenvalue weighted by molar-refractivity contribution is -0.115. The lowest BCUT2D eigenvalue weighted by Crippen LogP contribution is -2.15. The normalized spacial score (nSPS) is 9.95. The molecule has 2 rings (SSSR count). The van der Waals surface area contributed by atoms with Gasteiger partial charge in [0.15, 0.2) is 0 Å². The lowest BCUT2D eigenvalue weighted by atomic mass is 10.1. The third-order valence-corrected chi connectivity index (χ3v) is 3.09. The van der Waals surface area contributed by atoms with Gasteiger partial charge in [0.25, 0.3) is 0 Å². The molecule has 0 saturated heterocycles. The summed E-state index contributed by atoms with van der Waals surface area (Å²) >= 11 is 0. The monoisotopic (exact) mass is 281 g/mol. The summed E-state index contributed by atoms with van der Waals surface area (Å²) in [5, 5.41) is 5.93. The Morgan fingerprint density at radius 1 is 1.29 bits per heavy atom. The molecule has 0 unspecified atom stereocenters. The van der Waals surface area contributed by atoms with E-state index in [1.165, 1.54) is 0 Å². The van der Waals surface area contributed by atoms with E-state index < -0.39 is 0 Å². The number of nitrogens with zero attached hydrogens (tertiary/aromatic N) is 1. The van der Waals surface area contributed by atoms with Crippen molar-refractivity contribution in [1.82, 2.24) is 4.98 Å². The number of rotatable bonds is 6. The van der Waals surface area contributed by atoms with Crippen molar-refractivity contribution in [1.29, 1.82) is 0 Å². The van der Waals surface area contributed by atoms with Gasteiger partial charge in [0, 0.05) is 6.54 Å². The lowest BCUT2D eigenvalue weighted by Gasteiger charge is -2.08. The molecular weight excluding hydrogens is 262 g/mol. The van der Waals surface area contributed by atoms with E-state index >= 15 is 0 Å². The summed E-state index contributed by atoms with van der Waals surface area (Å²) in [4.78, 5) is 16.2. The molecule has 0 aliphatic carbocycles. The van der Waals surface area contributed by atoms with E-state index in [0.29, 0.717) is 18.8 Å². The fourth-order valence-corrected chi connectivity index (χ4v) is 1.93. The van der Waals surface area contributed by atoms with Gasteiger partial charge in [0.1, 0.15) is 5.82 Å². The van der Waals surface area contributed by atoms with Gasteiger partial charge in [0.2, 0.25) is 5.91 Å². The van der Waals surface area contributed by atoms with E-state index in [0.717, 1.165) is 16.8 Å². The minimum Gasteiger partial charge on any atom is -0.380 e. The van der Waals surface area contributed by atoms with E-state index in [-0.39, 0.29) is 5.91 Å². The summed E-state index contributed by atoms with van der Waals surface area (Å²) in [6.45, 7) is 6.32. The Labute approximate surface area is 124 Å². The van der Waals surface area contributed by atoms with Gasteiger partial charge >= 0.3 is 0 Å². The minimum absolute atomic E-state index is 0.0661. The second kappa shape index (κ2) is 7.24. The molecule has 0 radical (unpaired) electrons. The molecule has 1 amide bonds. The molecular formula is C17H19N3O. The number of amides is 1. The van der Waals surface area contributed by atoms with Crippen LogP contribution in [0.4, 0.5) is 11.5 Å². The van der Waals surface area contributed by atoms with E-state index in [1.54, 1.807) is 18.3 Å². The zero-order chi connectivity index (χ0) is 15.1. The zero-order valence-electron chi connectivity index (χ0n) is 12.1. The number of pyridine rings is 1. The van der Waals surface area contributed by atoms with Crippen molar-refractivity contribution >= 4 is 17.4 Å². The molecule has 21 heavy (non-hydrogen) atoms. The van der Waals surface area contributed by atoms with Crippen molar-refractivity contribution < 1.29 is 4.79 Å². The molecule has 0 aliphatic rings. The Balaban J connectivity index is 1.93. The molecule has 1 aromatic carbocycles. The standard InChI is InChI=1S/C17H19N3O/c1-3-10-18-15-8-9-16(19-12-15)20-17(21)11-14-7-5-4-6-13(14)2/h3-9,12,18H,1,10-11H2,2H3,(H,19,20,21). The average Bonchev–Trinajstić information content (AvgIpc) is 2.49. The highest BCUT2D eigenvalue weighted by Crippen LogP contribution is 2.11. The number of aromatic nitrogens is 1. The summed E-state index contributed by atoms with van der Waals surface area (Å²) in [5.41, 5.74) is 3.04. The summed E-state index contributed by atoms with van der Waals surface area (Å²) in [6.07, 6.45) is 3.82. The average molecular weight is 281 g/mol. The maximum absolute atomic E-state index is 12.0. The molecule has 2 N–H and O–H groups in total. The number of carbonyl (C=O) groups is 1. The van der Waals surface area contributed by atoms with Crippen molar-refractivity contribution in [2.45, 2.75) is 13.3 Å². The van der Waals surface area contributed by atoms with Gasteiger partial charge < -0.3 is 10.6 Å². The van der Waals surface area contributed by atoms with Crippen LogP contribution in [0.2, 0.25) is 0 Å². The maximum Gasteiger partial charge on any atom is 0.229 e. The summed E-state index contributed by atoms with van der Waals surface area (Å²) < 4.78 is 0. The third-order valence-electron chi connectivity index (χ3n) is 3.09. The molecule has 0 fully saturated rings. The molecule has 2 aromatic rings. The molecule has 0 atom stereocenters. The van der Waals surface area contributed by atoms with E-state index in [4.69, 9.17) is 0 Å². The second-order valence-electron chi connectivity index (χ2n) is 4.75. The fourth-order valence-electron chi connectivity index (χ4n) is 1.93. The summed E-state index contributed by atoms with van der Waals surface area (Å²) in [7, 11) is 0. The predicted octanol–water partition coefficient (Wildman–Crippen LogP) is 3.17. The predicted molar refractivity (Wildman–Crippen MR) is 86.4 cm³/mol. The number of anilines is 2. The number of aryl methyl sites for hydroxylation is 1. The molecule has 0 aliphatic heterocycles. The van der Waals surface area contributed by atoms with Gasteiger partial charge in [0.05, 0.1) is 18.3 Å². The number of carbonyl (C=O) groups excluding carboxylic acids is 1. The van der Waals surface area contributed by atoms with E-state index in [2.05, 4.69) is 22.2 Å². The smallest absolute Gasteiger partial charge is 0.229 e. The van der Waals surface area contributed by atoms with E-state index in [9.17, 15) is 4.79 Å². The first kappa shape index (κ1) is 14.8. The summed E-state index contributed by atoms with van der Waals surface area (Å²) in [5.74, 6) is 0.487. The number of hydrogen-bond acceptors (Lipinski definition) is 3. The van der Waals surface area contributed by atoms with Crippen LogP contribution in [0.1, 0.15) is 11.1 Å². The van der Waals surface area contributed by atoms with Crippen LogP contribution < -0.4 is 10.6 Å². The van der Waals surface area contributed by atoms with Crippen molar-refractivity contribution in [3.8, 4) is 0 Å². The van der Waals surface area contributed by atoms with Crippen LogP contribution in [-0.4, -0.2) is 17.4 Å². The van der Waals surface area contributed by atoms with E-state index in [1.807, 2.05) is 37.3 Å². The molecule has 0 bridgehead atoms. The van der Waals surface area contributed by atoms with Crippen LogP contribution in [0.15, 0.2) is 55.3 Å². The second-order valence-corrected chi connectivity index (χ2v) is 4.75. The quantitative estimate of drug-likeness (QED) is 0.800. The van der Waals surface area contributed by atoms with Gasteiger partial charge in [-0.1, -0.05) is 30.3 Å². The third kappa shape index (κ3) is 4.45. The van der Waals surface area contributed by atoms with Crippen molar-refractivity contribution in [3.63, 3.8) is 0 Å². The first-order valence-electron chi connectivity index (χ1n) is 6.84. The number of benzene rings is 1. The highest BCUT2D eigenvalue weighted by atomic mass is 16.1. The maximum atomic E-state index is 12.0. The van der Waals surface area contributed by atoms with Crippen molar-refractivity contribution in [3.05, 3.63) is 66.4 Å². The zero-order valence-corrected chi connectivity index (χ0v) is 12.1. The molecule has 1 aromatic heterocycles. The number of nitrogens with one attached hydrogen (secondary N) is 2. The van der Waals surface area contributed by atoms with Gasteiger partial charge in [-0.2, -0.15) is 0 Å². The van der Waals surface area contributed by atoms with Crippen LogP contribution in [-0.2, 0) is 11.2 Å². The van der Waals surface area contributed by atoms with Gasteiger partial charge in [-0.25, -0.2) is 4.98 Å². The van der Waals surface area contributed by atoms with Crippen LogP contribution in [0, 0.1) is 6.92 Å². The Morgan fingerprint density at radius 3 is 2.76 bits per heavy atom. The highest BCUT2D eigenvalue weighted by Gasteiger charge is 2.06. The van der Waals surface area contributed by atoms with Crippen LogP contribution >= 0.6 is 0 Å².